The Hall–Kier alpha value is -4.37. The number of rotatable bonds is 4. The highest BCUT2D eigenvalue weighted by atomic mass is 15.2. The number of aryl methyl sites for hydroxylation is 1. The summed E-state index contributed by atoms with van der Waals surface area (Å²) in [6.45, 7) is 1.64. The third kappa shape index (κ3) is 3.66. The molecule has 35 heavy (non-hydrogen) atoms. The zero-order valence-electron chi connectivity index (χ0n) is 19.7. The van der Waals surface area contributed by atoms with Crippen molar-refractivity contribution in [3.63, 3.8) is 0 Å². The molecule has 1 saturated heterocycles. The smallest absolute Gasteiger partial charge is 0.138 e. The molecule has 6 heteroatoms. The summed E-state index contributed by atoms with van der Waals surface area (Å²) in [4.78, 5) is 7.09. The number of fused-ring (bicyclic) bond motifs is 1. The fraction of sp³-hybridized carbons (Fsp3) is 0.207. The van der Waals surface area contributed by atoms with Crippen LogP contribution in [0, 0.1) is 11.3 Å². The molecular weight excluding hydrogens is 432 g/mol. The highest BCUT2D eigenvalue weighted by Gasteiger charge is 2.37. The fourth-order valence-corrected chi connectivity index (χ4v) is 5.21. The Morgan fingerprint density at radius 1 is 0.829 bits per heavy atom. The number of pyridine rings is 1. The van der Waals surface area contributed by atoms with E-state index in [2.05, 4.69) is 69.0 Å². The maximum atomic E-state index is 10.1. The number of imidazole rings is 1. The molecule has 0 spiro atoms. The Kier molecular flexibility index (Phi) is 5.11. The van der Waals surface area contributed by atoms with Gasteiger partial charge in [-0.3, -0.25) is 9.08 Å². The molecule has 3 aromatic heterocycles. The van der Waals surface area contributed by atoms with Gasteiger partial charge in [-0.15, -0.1) is 0 Å². The van der Waals surface area contributed by atoms with E-state index < -0.39 is 5.41 Å². The lowest BCUT2D eigenvalue weighted by Gasteiger charge is -2.39. The maximum absolute atomic E-state index is 10.1. The van der Waals surface area contributed by atoms with Gasteiger partial charge in [0.15, 0.2) is 0 Å². The van der Waals surface area contributed by atoms with Crippen LogP contribution in [-0.2, 0) is 12.5 Å². The van der Waals surface area contributed by atoms with Crippen LogP contribution in [0.4, 0.5) is 5.82 Å². The first kappa shape index (κ1) is 21.2. The monoisotopic (exact) mass is 458 g/mol. The van der Waals surface area contributed by atoms with Crippen molar-refractivity contribution in [2.45, 2.75) is 18.3 Å². The summed E-state index contributed by atoms with van der Waals surface area (Å²) in [5, 5.41) is 14.4. The first-order valence-electron chi connectivity index (χ1n) is 11.9. The minimum Gasteiger partial charge on any atom is -0.358 e. The molecule has 0 bridgehead atoms. The standard InChI is InChI=1S/C29H26N6/c1-33-20-24(18-32-33)22-10-12-23(13-11-22)26-19-31-27-8-5-9-28(35(26)27)34-16-14-29(21-30,15-17-34)25-6-3-2-4-7-25/h2-13,18-20H,14-17H2,1H3. The third-order valence-electron chi connectivity index (χ3n) is 7.21. The van der Waals surface area contributed by atoms with Gasteiger partial charge in [0.2, 0.25) is 0 Å². The highest BCUT2D eigenvalue weighted by molar-refractivity contribution is 5.71. The number of hydrogen-bond donors (Lipinski definition) is 0. The summed E-state index contributed by atoms with van der Waals surface area (Å²) in [7, 11) is 1.93. The predicted molar refractivity (Wildman–Crippen MR) is 138 cm³/mol. The molecule has 0 N–H and O–H groups in total. The van der Waals surface area contributed by atoms with E-state index in [1.165, 1.54) is 0 Å². The van der Waals surface area contributed by atoms with Gasteiger partial charge in [0.25, 0.3) is 0 Å². The molecule has 5 aromatic rings. The van der Waals surface area contributed by atoms with Gasteiger partial charge in [0, 0.05) is 37.5 Å². The number of hydrogen-bond acceptors (Lipinski definition) is 4. The van der Waals surface area contributed by atoms with Crippen LogP contribution in [0.2, 0.25) is 0 Å². The molecule has 1 aliphatic heterocycles. The van der Waals surface area contributed by atoms with Crippen molar-refractivity contribution in [3.8, 4) is 28.5 Å². The third-order valence-corrected chi connectivity index (χ3v) is 7.21. The van der Waals surface area contributed by atoms with Crippen LogP contribution in [0.1, 0.15) is 18.4 Å². The molecule has 0 radical (unpaired) electrons. The van der Waals surface area contributed by atoms with Gasteiger partial charge in [0.1, 0.15) is 11.5 Å². The molecular formula is C29H26N6. The Morgan fingerprint density at radius 3 is 2.26 bits per heavy atom. The zero-order chi connectivity index (χ0) is 23.8. The van der Waals surface area contributed by atoms with Crippen LogP contribution < -0.4 is 4.90 Å². The largest absolute Gasteiger partial charge is 0.358 e. The molecule has 2 aromatic carbocycles. The first-order valence-corrected chi connectivity index (χ1v) is 11.9. The number of nitriles is 1. The lowest BCUT2D eigenvalue weighted by Crippen LogP contribution is -2.42. The van der Waals surface area contributed by atoms with Gasteiger partial charge < -0.3 is 4.90 Å². The van der Waals surface area contributed by atoms with Crippen LogP contribution in [0.25, 0.3) is 28.0 Å². The second kappa shape index (κ2) is 8.44. The summed E-state index contributed by atoms with van der Waals surface area (Å²) in [5.41, 5.74) is 6.04. The van der Waals surface area contributed by atoms with Crippen molar-refractivity contribution < 1.29 is 0 Å². The quantitative estimate of drug-likeness (QED) is 0.359. The van der Waals surface area contributed by atoms with Crippen LogP contribution in [-0.4, -0.2) is 32.3 Å². The summed E-state index contributed by atoms with van der Waals surface area (Å²) in [5.74, 6) is 1.12. The number of nitrogens with zero attached hydrogens (tertiary/aromatic N) is 6. The SMILES string of the molecule is Cn1cc(-c2ccc(-c3cnc4cccc(N5CCC(C#N)(c6ccccc6)CC5)n34)cc2)cn1. The van der Waals surface area contributed by atoms with Gasteiger partial charge in [0.05, 0.1) is 29.6 Å². The minimum absolute atomic E-state index is 0.425. The molecule has 4 heterocycles. The lowest BCUT2D eigenvalue weighted by atomic mass is 9.74. The van der Waals surface area contributed by atoms with Crippen LogP contribution in [0.15, 0.2) is 91.4 Å². The molecule has 6 nitrogen and oxygen atoms in total. The molecule has 0 saturated carbocycles. The minimum atomic E-state index is -0.425. The van der Waals surface area contributed by atoms with E-state index in [9.17, 15) is 5.26 Å². The number of anilines is 1. The topological polar surface area (TPSA) is 62.2 Å². The highest BCUT2D eigenvalue weighted by Crippen LogP contribution is 2.37. The number of benzene rings is 2. The Bertz CT molecular complexity index is 1510. The van der Waals surface area contributed by atoms with Gasteiger partial charge >= 0.3 is 0 Å². The summed E-state index contributed by atoms with van der Waals surface area (Å²) < 4.78 is 4.05. The van der Waals surface area contributed by atoms with Crippen LogP contribution in [0.3, 0.4) is 0 Å². The van der Waals surface area contributed by atoms with E-state index in [1.807, 2.05) is 54.6 Å². The number of aromatic nitrogens is 4. The van der Waals surface area contributed by atoms with E-state index >= 15 is 0 Å². The average molecular weight is 459 g/mol. The van der Waals surface area contributed by atoms with Gasteiger partial charge in [-0.1, -0.05) is 60.7 Å². The van der Waals surface area contributed by atoms with E-state index in [0.717, 1.165) is 65.3 Å². The van der Waals surface area contributed by atoms with Gasteiger partial charge in [-0.2, -0.15) is 10.4 Å². The predicted octanol–water partition coefficient (Wildman–Crippen LogP) is 5.46. The molecule has 172 valence electrons. The second-order valence-electron chi connectivity index (χ2n) is 9.25. The molecule has 1 fully saturated rings. The average Bonchev–Trinajstić information content (AvgIpc) is 3.56. The molecule has 1 aliphatic rings. The summed E-state index contributed by atoms with van der Waals surface area (Å²) >= 11 is 0. The number of piperidine rings is 1. The van der Waals surface area contributed by atoms with Crippen molar-refractivity contribution in [2.24, 2.45) is 7.05 Å². The van der Waals surface area contributed by atoms with Gasteiger partial charge in [-0.25, -0.2) is 4.98 Å². The van der Waals surface area contributed by atoms with Crippen molar-refractivity contribution in [2.75, 3.05) is 18.0 Å². The lowest BCUT2D eigenvalue weighted by molar-refractivity contribution is 0.413. The summed E-state index contributed by atoms with van der Waals surface area (Å²) in [6.07, 6.45) is 7.45. The Morgan fingerprint density at radius 2 is 1.57 bits per heavy atom. The Balaban J connectivity index is 1.32. The maximum Gasteiger partial charge on any atom is 0.138 e. The molecule has 0 atom stereocenters. The van der Waals surface area contributed by atoms with E-state index in [-0.39, 0.29) is 0 Å². The van der Waals surface area contributed by atoms with Crippen LogP contribution in [0.5, 0.6) is 0 Å². The van der Waals surface area contributed by atoms with Crippen molar-refractivity contribution in [3.05, 3.63) is 97.0 Å². The van der Waals surface area contributed by atoms with Crippen LogP contribution >= 0.6 is 0 Å². The first-order chi connectivity index (χ1) is 17.2. The molecule has 6 rings (SSSR count). The normalized spacial score (nSPS) is 15.3. The second-order valence-corrected chi connectivity index (χ2v) is 9.25. The Labute approximate surface area is 204 Å². The van der Waals surface area contributed by atoms with Crippen molar-refractivity contribution >= 4 is 11.5 Å². The van der Waals surface area contributed by atoms with Crippen molar-refractivity contribution in [1.29, 1.82) is 5.26 Å². The van der Waals surface area contributed by atoms with Gasteiger partial charge in [-0.05, 0) is 36.1 Å². The molecule has 0 unspecified atom stereocenters. The summed E-state index contributed by atoms with van der Waals surface area (Å²) in [6, 6.07) is 27.7. The van der Waals surface area contributed by atoms with E-state index in [4.69, 9.17) is 4.98 Å². The van der Waals surface area contributed by atoms with Crippen molar-refractivity contribution in [1.82, 2.24) is 19.2 Å². The van der Waals surface area contributed by atoms with E-state index in [0.29, 0.717) is 0 Å². The fourth-order valence-electron chi connectivity index (χ4n) is 5.21. The molecule has 0 amide bonds. The zero-order valence-corrected chi connectivity index (χ0v) is 19.7. The molecule has 0 aliphatic carbocycles. The van der Waals surface area contributed by atoms with E-state index in [1.54, 1.807) is 0 Å².